The van der Waals surface area contributed by atoms with Crippen molar-refractivity contribution in [2.24, 2.45) is 0 Å². The van der Waals surface area contributed by atoms with E-state index in [0.29, 0.717) is 31.1 Å². The number of nitrogens with zero attached hydrogens (tertiary/aromatic N) is 3. The Morgan fingerprint density at radius 3 is 2.56 bits per heavy atom. The van der Waals surface area contributed by atoms with Crippen molar-refractivity contribution in [2.45, 2.75) is 6.10 Å². The maximum absolute atomic E-state index is 12.7. The summed E-state index contributed by atoms with van der Waals surface area (Å²) in [5.41, 5.74) is 1.41. The van der Waals surface area contributed by atoms with Crippen LogP contribution in [0.2, 0.25) is 0 Å². The van der Waals surface area contributed by atoms with E-state index in [2.05, 4.69) is 9.88 Å². The molecule has 1 amide bonds. The second-order valence-electron chi connectivity index (χ2n) is 6.08. The number of piperazine rings is 1. The van der Waals surface area contributed by atoms with Crippen LogP contribution in [0.15, 0.2) is 48.7 Å². The van der Waals surface area contributed by atoms with Crippen molar-refractivity contribution in [1.29, 1.82) is 0 Å². The average Bonchev–Trinajstić information content (AvgIpc) is 2.68. The minimum Gasteiger partial charge on any atom is -0.480 e. The van der Waals surface area contributed by atoms with Gasteiger partial charge in [0, 0.05) is 38.9 Å². The molecule has 0 radical (unpaired) electrons. The topological polar surface area (TPSA) is 65.9 Å². The molecular weight excluding hydrogens is 318 g/mol. The Morgan fingerprint density at radius 2 is 1.88 bits per heavy atom. The first-order valence-electron chi connectivity index (χ1n) is 8.42. The molecule has 1 saturated heterocycles. The summed E-state index contributed by atoms with van der Waals surface area (Å²) in [6, 6.07) is 13.1. The molecule has 0 spiro atoms. The van der Waals surface area contributed by atoms with Crippen LogP contribution in [0.1, 0.15) is 22.0 Å². The Kier molecular flexibility index (Phi) is 5.63. The smallest absolute Gasteiger partial charge is 0.259 e. The molecule has 0 unspecified atom stereocenters. The SMILES string of the molecule is COc1ncccc1C(=O)N1CCN(C[C@H](O)c2ccccc2)CC1. The quantitative estimate of drug-likeness (QED) is 0.894. The van der Waals surface area contributed by atoms with Crippen LogP contribution in [0.5, 0.6) is 5.88 Å². The molecule has 1 fully saturated rings. The van der Waals surface area contributed by atoms with Crippen molar-refractivity contribution in [3.8, 4) is 5.88 Å². The van der Waals surface area contributed by atoms with E-state index in [1.807, 2.05) is 35.2 Å². The predicted molar refractivity (Wildman–Crippen MR) is 94.5 cm³/mol. The molecule has 3 rings (SSSR count). The normalized spacial score (nSPS) is 16.5. The van der Waals surface area contributed by atoms with Crippen LogP contribution >= 0.6 is 0 Å². The number of hydrogen-bond acceptors (Lipinski definition) is 5. The van der Waals surface area contributed by atoms with Crippen molar-refractivity contribution in [1.82, 2.24) is 14.8 Å². The van der Waals surface area contributed by atoms with Crippen LogP contribution < -0.4 is 4.74 Å². The maximum Gasteiger partial charge on any atom is 0.259 e. The van der Waals surface area contributed by atoms with E-state index >= 15 is 0 Å². The molecular formula is C19H23N3O3. The van der Waals surface area contributed by atoms with Gasteiger partial charge in [0.2, 0.25) is 5.88 Å². The maximum atomic E-state index is 12.7. The highest BCUT2D eigenvalue weighted by Gasteiger charge is 2.25. The second kappa shape index (κ2) is 8.09. The fraction of sp³-hybridized carbons (Fsp3) is 0.368. The van der Waals surface area contributed by atoms with Crippen molar-refractivity contribution in [3.05, 3.63) is 59.8 Å². The molecule has 1 N–H and O–H groups in total. The minimum atomic E-state index is -0.512. The van der Waals surface area contributed by atoms with Crippen molar-refractivity contribution >= 4 is 5.91 Å². The first kappa shape index (κ1) is 17.4. The van der Waals surface area contributed by atoms with Gasteiger partial charge < -0.3 is 14.7 Å². The Hall–Kier alpha value is -2.44. The summed E-state index contributed by atoms with van der Waals surface area (Å²) in [7, 11) is 1.52. The Morgan fingerprint density at radius 1 is 1.16 bits per heavy atom. The molecule has 1 aliphatic rings. The molecule has 0 saturated carbocycles. The lowest BCUT2D eigenvalue weighted by molar-refractivity contribution is 0.0524. The molecule has 6 nitrogen and oxygen atoms in total. The van der Waals surface area contributed by atoms with Gasteiger partial charge in [0.1, 0.15) is 5.56 Å². The van der Waals surface area contributed by atoms with Gasteiger partial charge in [-0.15, -0.1) is 0 Å². The lowest BCUT2D eigenvalue weighted by atomic mass is 10.1. The monoisotopic (exact) mass is 341 g/mol. The van der Waals surface area contributed by atoms with Crippen LogP contribution in [0.25, 0.3) is 0 Å². The lowest BCUT2D eigenvalue weighted by Crippen LogP contribution is -2.49. The van der Waals surface area contributed by atoms with Crippen LogP contribution in [0.4, 0.5) is 0 Å². The van der Waals surface area contributed by atoms with E-state index in [9.17, 15) is 9.90 Å². The number of carbonyl (C=O) groups is 1. The Bertz CT molecular complexity index is 700. The van der Waals surface area contributed by atoms with E-state index in [1.54, 1.807) is 18.3 Å². The number of aliphatic hydroxyl groups excluding tert-OH is 1. The number of methoxy groups -OCH3 is 1. The summed E-state index contributed by atoms with van der Waals surface area (Å²) < 4.78 is 5.18. The number of aliphatic hydroxyl groups is 1. The third-order valence-electron chi connectivity index (χ3n) is 4.47. The summed E-state index contributed by atoms with van der Waals surface area (Å²) >= 11 is 0. The van der Waals surface area contributed by atoms with Gasteiger partial charge in [-0.1, -0.05) is 30.3 Å². The number of rotatable bonds is 5. The van der Waals surface area contributed by atoms with Crippen LogP contribution in [-0.4, -0.2) is 65.6 Å². The summed E-state index contributed by atoms with van der Waals surface area (Å²) in [6.45, 7) is 3.29. The van der Waals surface area contributed by atoms with Crippen LogP contribution in [0, 0.1) is 0 Å². The highest BCUT2D eigenvalue weighted by atomic mass is 16.5. The van der Waals surface area contributed by atoms with Gasteiger partial charge >= 0.3 is 0 Å². The summed E-state index contributed by atoms with van der Waals surface area (Å²) in [6.07, 6.45) is 1.10. The highest BCUT2D eigenvalue weighted by molar-refractivity contribution is 5.96. The second-order valence-corrected chi connectivity index (χ2v) is 6.08. The third kappa shape index (κ3) is 4.15. The molecule has 25 heavy (non-hydrogen) atoms. The van der Waals surface area contributed by atoms with Crippen molar-refractivity contribution in [2.75, 3.05) is 39.8 Å². The largest absolute Gasteiger partial charge is 0.480 e. The van der Waals surface area contributed by atoms with E-state index in [1.165, 1.54) is 7.11 Å². The van der Waals surface area contributed by atoms with Crippen LogP contribution in [-0.2, 0) is 0 Å². The molecule has 1 atom stereocenters. The highest BCUT2D eigenvalue weighted by Crippen LogP contribution is 2.19. The first-order valence-corrected chi connectivity index (χ1v) is 8.42. The number of pyridine rings is 1. The van der Waals surface area contributed by atoms with Gasteiger partial charge in [0.25, 0.3) is 5.91 Å². The zero-order valence-corrected chi connectivity index (χ0v) is 14.3. The van der Waals surface area contributed by atoms with Crippen molar-refractivity contribution in [3.63, 3.8) is 0 Å². The number of amides is 1. The van der Waals surface area contributed by atoms with Crippen molar-refractivity contribution < 1.29 is 14.6 Å². The van der Waals surface area contributed by atoms with Crippen LogP contribution in [0.3, 0.4) is 0 Å². The lowest BCUT2D eigenvalue weighted by Gasteiger charge is -2.35. The molecule has 132 valence electrons. The number of β-amino-alcohol motifs (C(OH)–C–C–N with tert-alkyl or cyclic N) is 1. The van der Waals surface area contributed by atoms with Gasteiger partial charge in [-0.25, -0.2) is 4.98 Å². The van der Waals surface area contributed by atoms with Gasteiger partial charge in [0.15, 0.2) is 0 Å². The van der Waals surface area contributed by atoms with E-state index < -0.39 is 6.10 Å². The molecule has 6 heteroatoms. The van der Waals surface area contributed by atoms with Gasteiger partial charge in [0.05, 0.1) is 13.2 Å². The molecule has 0 bridgehead atoms. The zero-order chi connectivity index (χ0) is 17.6. The Labute approximate surface area is 147 Å². The molecule has 1 aromatic heterocycles. The number of carbonyl (C=O) groups excluding carboxylic acids is 1. The van der Waals surface area contributed by atoms with E-state index in [-0.39, 0.29) is 5.91 Å². The Balaban J connectivity index is 1.56. The molecule has 0 aliphatic carbocycles. The number of hydrogen-bond donors (Lipinski definition) is 1. The summed E-state index contributed by atoms with van der Waals surface area (Å²) in [4.78, 5) is 20.7. The van der Waals surface area contributed by atoms with Gasteiger partial charge in [-0.05, 0) is 17.7 Å². The van der Waals surface area contributed by atoms with Gasteiger partial charge in [-0.3, -0.25) is 9.69 Å². The standard InChI is InChI=1S/C19H23N3O3/c1-25-18-16(8-5-9-20-18)19(24)22-12-10-21(11-13-22)14-17(23)15-6-3-2-4-7-15/h2-9,17,23H,10-14H2,1H3/t17-/m0/s1. The summed E-state index contributed by atoms with van der Waals surface area (Å²) in [5.74, 6) is 0.294. The first-order chi connectivity index (χ1) is 12.2. The number of benzene rings is 1. The zero-order valence-electron chi connectivity index (χ0n) is 14.3. The molecule has 2 heterocycles. The number of aromatic nitrogens is 1. The number of ether oxygens (including phenoxy) is 1. The van der Waals surface area contributed by atoms with E-state index in [0.717, 1.165) is 18.7 Å². The summed E-state index contributed by atoms with van der Waals surface area (Å²) in [5, 5.41) is 10.3. The van der Waals surface area contributed by atoms with Gasteiger partial charge in [-0.2, -0.15) is 0 Å². The average molecular weight is 341 g/mol. The fourth-order valence-electron chi connectivity index (χ4n) is 3.05. The van der Waals surface area contributed by atoms with E-state index in [4.69, 9.17) is 4.74 Å². The predicted octanol–water partition coefficient (Wildman–Crippen LogP) is 1.58. The fourth-order valence-corrected chi connectivity index (χ4v) is 3.05. The molecule has 2 aromatic rings. The minimum absolute atomic E-state index is 0.0618. The molecule has 1 aromatic carbocycles. The third-order valence-corrected chi connectivity index (χ3v) is 4.47. The molecule has 1 aliphatic heterocycles.